The molecule has 6 heteroatoms. The lowest BCUT2D eigenvalue weighted by Crippen LogP contribution is -2.66. The summed E-state index contributed by atoms with van der Waals surface area (Å²) in [6.45, 7) is 6.44. The molecule has 2 aliphatic rings. The van der Waals surface area contributed by atoms with Crippen LogP contribution in [0.1, 0.15) is 55.6 Å². The third-order valence-electron chi connectivity index (χ3n) is 7.18. The van der Waals surface area contributed by atoms with Crippen LogP contribution in [-0.4, -0.2) is 28.0 Å². The molecule has 0 spiro atoms. The summed E-state index contributed by atoms with van der Waals surface area (Å²) < 4.78 is 7.49. The molecule has 0 bridgehead atoms. The van der Waals surface area contributed by atoms with E-state index in [1.54, 1.807) is 17.2 Å². The van der Waals surface area contributed by atoms with E-state index in [0.29, 0.717) is 23.7 Å². The predicted octanol–water partition coefficient (Wildman–Crippen LogP) is 4.66. The molecule has 3 heterocycles. The molecule has 1 saturated carbocycles. The average Bonchev–Trinajstić information content (AvgIpc) is 3.33. The van der Waals surface area contributed by atoms with Gasteiger partial charge in [-0.3, -0.25) is 14.5 Å². The number of amides is 2. The first-order valence-corrected chi connectivity index (χ1v) is 11.2. The fraction of sp³-hybridized carbons (Fsp3) is 0.440. The number of carbonyl (C=O) groups is 2. The molecule has 1 aliphatic heterocycles. The van der Waals surface area contributed by atoms with Crippen molar-refractivity contribution in [2.24, 2.45) is 5.92 Å². The molecule has 1 aliphatic carbocycles. The molecule has 2 amide bonds. The summed E-state index contributed by atoms with van der Waals surface area (Å²) in [5, 5.41) is 3.31. The van der Waals surface area contributed by atoms with E-state index in [4.69, 9.17) is 4.42 Å². The summed E-state index contributed by atoms with van der Waals surface area (Å²) >= 11 is 0. The standard InChI is InChI=1S/C25H29N3O3/c1-16-8-4-6-10-18(16)26-24(30)25(3)15-27-20-12-13-31-22(20)14-21(27)23(29)28(25)19-11-7-5-9-17(19)2/h5,7,9,11-14,16,18H,4,6,8,10,15H2,1-3H3,(H,26,30)/t16-,18-,25+/m0/s1. The van der Waals surface area contributed by atoms with Gasteiger partial charge in [0.25, 0.3) is 5.91 Å². The number of para-hydroxylation sites is 1. The normalized spacial score (nSPS) is 26.2. The Labute approximate surface area is 182 Å². The maximum Gasteiger partial charge on any atom is 0.276 e. The van der Waals surface area contributed by atoms with Crippen LogP contribution in [0.25, 0.3) is 11.1 Å². The van der Waals surface area contributed by atoms with Crippen LogP contribution in [0.2, 0.25) is 0 Å². The van der Waals surface area contributed by atoms with E-state index in [-0.39, 0.29) is 17.9 Å². The molecular formula is C25H29N3O3. The van der Waals surface area contributed by atoms with Gasteiger partial charge in [-0.25, -0.2) is 0 Å². The van der Waals surface area contributed by atoms with Crippen LogP contribution in [-0.2, 0) is 11.3 Å². The summed E-state index contributed by atoms with van der Waals surface area (Å²) in [5.74, 6) is 0.162. The van der Waals surface area contributed by atoms with Gasteiger partial charge >= 0.3 is 0 Å². The zero-order valence-corrected chi connectivity index (χ0v) is 18.4. The van der Waals surface area contributed by atoms with Crippen LogP contribution < -0.4 is 10.2 Å². The fourth-order valence-electron chi connectivity index (χ4n) is 5.26. The molecule has 0 unspecified atom stereocenters. The van der Waals surface area contributed by atoms with Crippen LogP contribution in [0.5, 0.6) is 0 Å². The third kappa shape index (κ3) is 3.08. The number of hydrogen-bond acceptors (Lipinski definition) is 3. The second-order valence-electron chi connectivity index (χ2n) is 9.33. The highest BCUT2D eigenvalue weighted by Gasteiger charge is 2.49. The molecule has 31 heavy (non-hydrogen) atoms. The summed E-state index contributed by atoms with van der Waals surface area (Å²) in [6, 6.07) is 11.5. The number of benzene rings is 1. The van der Waals surface area contributed by atoms with Crippen molar-refractivity contribution in [1.29, 1.82) is 0 Å². The molecule has 1 N–H and O–H groups in total. The number of rotatable bonds is 3. The maximum atomic E-state index is 13.8. The monoisotopic (exact) mass is 419 g/mol. The second kappa shape index (κ2) is 7.29. The van der Waals surface area contributed by atoms with E-state index in [1.807, 2.05) is 48.7 Å². The van der Waals surface area contributed by atoms with Crippen molar-refractivity contribution in [3.63, 3.8) is 0 Å². The van der Waals surface area contributed by atoms with E-state index in [9.17, 15) is 9.59 Å². The highest BCUT2D eigenvalue weighted by Crippen LogP contribution is 2.38. The van der Waals surface area contributed by atoms with Crippen molar-refractivity contribution >= 4 is 28.6 Å². The van der Waals surface area contributed by atoms with Crippen LogP contribution in [0.15, 0.2) is 47.1 Å². The zero-order valence-electron chi connectivity index (χ0n) is 18.4. The Balaban J connectivity index is 1.61. The number of aromatic nitrogens is 1. The van der Waals surface area contributed by atoms with Gasteiger partial charge in [0.05, 0.1) is 18.3 Å². The first-order valence-electron chi connectivity index (χ1n) is 11.2. The first-order chi connectivity index (χ1) is 14.9. The van der Waals surface area contributed by atoms with E-state index in [1.165, 1.54) is 6.42 Å². The lowest BCUT2D eigenvalue weighted by molar-refractivity contribution is -0.127. The van der Waals surface area contributed by atoms with Crippen molar-refractivity contribution in [3.05, 3.63) is 53.9 Å². The Morgan fingerprint density at radius 1 is 1.19 bits per heavy atom. The smallest absolute Gasteiger partial charge is 0.276 e. The van der Waals surface area contributed by atoms with Gasteiger partial charge in [-0.1, -0.05) is 38.0 Å². The Hall–Kier alpha value is -3.02. The predicted molar refractivity (Wildman–Crippen MR) is 120 cm³/mol. The molecule has 1 fully saturated rings. The summed E-state index contributed by atoms with van der Waals surface area (Å²) in [6.07, 6.45) is 6.08. The van der Waals surface area contributed by atoms with Crippen LogP contribution in [0, 0.1) is 12.8 Å². The van der Waals surface area contributed by atoms with Gasteiger partial charge < -0.3 is 14.3 Å². The van der Waals surface area contributed by atoms with Crippen LogP contribution in [0.3, 0.4) is 0 Å². The van der Waals surface area contributed by atoms with Gasteiger partial charge in [-0.05, 0) is 44.2 Å². The van der Waals surface area contributed by atoms with Gasteiger partial charge in [-0.2, -0.15) is 0 Å². The molecule has 6 nitrogen and oxygen atoms in total. The molecule has 0 saturated heterocycles. The van der Waals surface area contributed by atoms with Crippen LogP contribution in [0.4, 0.5) is 5.69 Å². The number of anilines is 1. The molecule has 5 rings (SSSR count). The third-order valence-corrected chi connectivity index (χ3v) is 7.18. The number of hydrogen-bond donors (Lipinski definition) is 1. The summed E-state index contributed by atoms with van der Waals surface area (Å²) in [5.41, 5.74) is 2.73. The maximum absolute atomic E-state index is 13.8. The molecule has 2 aromatic heterocycles. The molecule has 3 aromatic rings. The van der Waals surface area contributed by atoms with Gasteiger partial charge in [0.2, 0.25) is 5.91 Å². The Bertz CT molecular complexity index is 1160. The molecular weight excluding hydrogens is 390 g/mol. The van der Waals surface area contributed by atoms with Crippen molar-refractivity contribution in [1.82, 2.24) is 9.88 Å². The van der Waals surface area contributed by atoms with Crippen molar-refractivity contribution in [2.75, 3.05) is 4.90 Å². The number of furan rings is 1. The Morgan fingerprint density at radius 2 is 1.97 bits per heavy atom. The van der Waals surface area contributed by atoms with E-state index in [0.717, 1.165) is 36.0 Å². The summed E-state index contributed by atoms with van der Waals surface area (Å²) in [4.78, 5) is 29.3. The molecule has 162 valence electrons. The highest BCUT2D eigenvalue weighted by atomic mass is 16.3. The summed E-state index contributed by atoms with van der Waals surface area (Å²) in [7, 11) is 0. The lowest BCUT2D eigenvalue weighted by atomic mass is 9.84. The molecule has 0 radical (unpaired) electrons. The van der Waals surface area contributed by atoms with Crippen molar-refractivity contribution in [2.45, 2.75) is 64.6 Å². The van der Waals surface area contributed by atoms with Gasteiger partial charge in [-0.15, -0.1) is 0 Å². The SMILES string of the molecule is Cc1ccccc1N1C(=O)c2cc3occc3n2C[C@]1(C)C(=O)N[C@H]1CCCC[C@@H]1C. The molecule has 3 atom stereocenters. The number of nitrogens with zero attached hydrogens (tertiary/aromatic N) is 2. The Kier molecular flexibility index (Phi) is 4.68. The van der Waals surface area contributed by atoms with Gasteiger partial charge in [0.15, 0.2) is 5.58 Å². The largest absolute Gasteiger partial charge is 0.463 e. The lowest BCUT2D eigenvalue weighted by Gasteiger charge is -2.45. The minimum atomic E-state index is -1.06. The van der Waals surface area contributed by atoms with E-state index >= 15 is 0 Å². The molecule has 1 aromatic carbocycles. The van der Waals surface area contributed by atoms with E-state index < -0.39 is 5.54 Å². The number of fused-ring (bicyclic) bond motifs is 3. The fourth-order valence-corrected chi connectivity index (χ4v) is 5.26. The van der Waals surface area contributed by atoms with Crippen molar-refractivity contribution in [3.8, 4) is 0 Å². The first kappa shape index (κ1) is 19.9. The second-order valence-corrected chi connectivity index (χ2v) is 9.33. The number of aryl methyl sites for hydroxylation is 1. The van der Waals surface area contributed by atoms with E-state index in [2.05, 4.69) is 12.2 Å². The average molecular weight is 420 g/mol. The quantitative estimate of drug-likeness (QED) is 0.672. The van der Waals surface area contributed by atoms with Gasteiger partial charge in [0.1, 0.15) is 11.2 Å². The number of carbonyl (C=O) groups excluding carboxylic acids is 2. The van der Waals surface area contributed by atoms with Gasteiger partial charge in [0, 0.05) is 23.9 Å². The Morgan fingerprint density at radius 3 is 2.74 bits per heavy atom. The zero-order chi connectivity index (χ0) is 21.8. The minimum Gasteiger partial charge on any atom is -0.463 e. The number of nitrogens with one attached hydrogen (secondary N) is 1. The highest BCUT2D eigenvalue weighted by molar-refractivity contribution is 6.14. The van der Waals surface area contributed by atoms with Crippen LogP contribution >= 0.6 is 0 Å². The van der Waals surface area contributed by atoms with Crippen molar-refractivity contribution < 1.29 is 14.0 Å². The minimum absolute atomic E-state index is 0.0983. The topological polar surface area (TPSA) is 67.5 Å².